The number of ether oxygens (including phenoxy) is 2. The number of nitrogens with zero attached hydrogens (tertiary/aromatic N) is 3. The van der Waals surface area contributed by atoms with Crippen molar-refractivity contribution >= 4 is 51.4 Å². The number of carbonyl (C=O) groups is 2. The number of hydrogen-bond acceptors (Lipinski definition) is 10. The van der Waals surface area contributed by atoms with E-state index in [0.717, 1.165) is 23.1 Å². The van der Waals surface area contributed by atoms with Crippen molar-refractivity contribution in [1.82, 2.24) is 10.2 Å². The Morgan fingerprint density at radius 2 is 1.72 bits per heavy atom. The number of carbonyl (C=O) groups excluding carboxylic acids is 2. The molecule has 0 unspecified atom stereocenters. The normalized spacial score (nSPS) is 10.3. The Balaban J connectivity index is 1.54. The molecule has 0 aliphatic rings. The molecule has 0 aliphatic heterocycles. The van der Waals surface area contributed by atoms with Crippen molar-refractivity contribution in [3.05, 3.63) is 58.1 Å². The number of thioether (sulfide) groups is 1. The fourth-order valence-corrected chi connectivity index (χ4v) is 3.96. The molecule has 13 heteroatoms. The Morgan fingerprint density at radius 1 is 1.06 bits per heavy atom. The molecule has 0 radical (unpaired) electrons. The maximum Gasteiger partial charge on any atom is 0.269 e. The average molecular weight is 476 g/mol. The van der Waals surface area contributed by atoms with Gasteiger partial charge in [-0.05, 0) is 24.3 Å². The maximum atomic E-state index is 12.5. The molecule has 1 heterocycles. The molecule has 166 valence electrons. The van der Waals surface area contributed by atoms with Crippen LogP contribution in [0.3, 0.4) is 0 Å². The zero-order chi connectivity index (χ0) is 23.1. The summed E-state index contributed by atoms with van der Waals surface area (Å²) in [5.74, 6) is 0.273. The highest BCUT2D eigenvalue weighted by atomic mass is 32.2. The van der Waals surface area contributed by atoms with Gasteiger partial charge in [0.05, 0.1) is 24.9 Å². The van der Waals surface area contributed by atoms with E-state index in [1.165, 1.54) is 38.5 Å². The van der Waals surface area contributed by atoms with E-state index < -0.39 is 10.8 Å². The Morgan fingerprint density at radius 3 is 2.31 bits per heavy atom. The van der Waals surface area contributed by atoms with Gasteiger partial charge in [0.1, 0.15) is 11.5 Å². The molecule has 2 N–H and O–H groups in total. The number of benzene rings is 2. The van der Waals surface area contributed by atoms with E-state index in [1.807, 2.05) is 0 Å². The second-order valence-electron chi connectivity index (χ2n) is 6.07. The van der Waals surface area contributed by atoms with Crippen molar-refractivity contribution in [2.45, 2.75) is 4.34 Å². The number of hydrogen-bond donors (Lipinski definition) is 2. The number of nitrogens with one attached hydrogen (secondary N) is 2. The van der Waals surface area contributed by atoms with Crippen molar-refractivity contribution in [1.29, 1.82) is 0 Å². The first-order chi connectivity index (χ1) is 15.4. The van der Waals surface area contributed by atoms with E-state index in [9.17, 15) is 19.7 Å². The van der Waals surface area contributed by atoms with Gasteiger partial charge in [0.25, 0.3) is 11.6 Å². The van der Waals surface area contributed by atoms with Gasteiger partial charge in [-0.2, -0.15) is 0 Å². The first-order valence-corrected chi connectivity index (χ1v) is 10.7. The molecule has 2 aromatic carbocycles. The van der Waals surface area contributed by atoms with Crippen LogP contribution in [0.25, 0.3) is 0 Å². The molecule has 11 nitrogen and oxygen atoms in total. The second-order valence-corrected chi connectivity index (χ2v) is 8.27. The van der Waals surface area contributed by atoms with Crippen LogP contribution >= 0.6 is 23.1 Å². The predicted octanol–water partition coefficient (Wildman–Crippen LogP) is 3.45. The number of methoxy groups -OCH3 is 2. The van der Waals surface area contributed by atoms with Crippen LogP contribution in [0.5, 0.6) is 11.5 Å². The molecule has 1 aromatic heterocycles. The largest absolute Gasteiger partial charge is 0.497 e. The maximum absolute atomic E-state index is 12.5. The number of amides is 2. The molecule has 2 amide bonds. The lowest BCUT2D eigenvalue weighted by molar-refractivity contribution is -0.384. The van der Waals surface area contributed by atoms with Gasteiger partial charge in [0, 0.05) is 29.4 Å². The minimum atomic E-state index is -0.516. The standard InChI is InChI=1S/C19H17N5O6S2/c1-29-14-7-11(8-15(9-14)30-2)17(26)21-18-22-23-19(32-18)31-10-16(25)20-12-3-5-13(6-4-12)24(27)28/h3-9H,10H2,1-2H3,(H,20,25)(H,21,22,26). The van der Waals surface area contributed by atoms with E-state index in [4.69, 9.17) is 9.47 Å². The Kier molecular flexibility index (Phi) is 7.57. The summed E-state index contributed by atoms with van der Waals surface area (Å²) >= 11 is 2.27. The smallest absolute Gasteiger partial charge is 0.269 e. The first-order valence-electron chi connectivity index (χ1n) is 8.93. The van der Waals surface area contributed by atoms with Crippen LogP contribution in [-0.2, 0) is 4.79 Å². The fourth-order valence-electron chi connectivity index (χ4n) is 2.42. The molecular weight excluding hydrogens is 458 g/mol. The highest BCUT2D eigenvalue weighted by Gasteiger charge is 2.14. The lowest BCUT2D eigenvalue weighted by Gasteiger charge is -2.07. The van der Waals surface area contributed by atoms with E-state index in [0.29, 0.717) is 27.1 Å². The number of anilines is 2. The number of rotatable bonds is 9. The lowest BCUT2D eigenvalue weighted by Crippen LogP contribution is -2.13. The molecule has 0 saturated carbocycles. The van der Waals surface area contributed by atoms with Crippen molar-refractivity contribution < 1.29 is 24.0 Å². The van der Waals surface area contributed by atoms with Gasteiger partial charge in [-0.3, -0.25) is 25.0 Å². The Labute approximate surface area is 190 Å². The predicted molar refractivity (Wildman–Crippen MR) is 120 cm³/mol. The van der Waals surface area contributed by atoms with Crippen LogP contribution in [0.2, 0.25) is 0 Å². The summed E-state index contributed by atoms with van der Waals surface area (Å²) < 4.78 is 10.8. The molecule has 0 saturated heterocycles. The molecule has 3 aromatic rings. The van der Waals surface area contributed by atoms with Crippen LogP contribution in [0.1, 0.15) is 10.4 Å². The second kappa shape index (κ2) is 10.5. The van der Waals surface area contributed by atoms with Crippen molar-refractivity contribution in [3.63, 3.8) is 0 Å². The summed E-state index contributed by atoms with van der Waals surface area (Å²) in [6.07, 6.45) is 0. The molecule has 0 aliphatic carbocycles. The molecular formula is C19H17N5O6S2. The highest BCUT2D eigenvalue weighted by Crippen LogP contribution is 2.27. The van der Waals surface area contributed by atoms with Gasteiger partial charge < -0.3 is 14.8 Å². The number of non-ortho nitro benzene ring substituents is 1. The SMILES string of the molecule is COc1cc(OC)cc(C(=O)Nc2nnc(SCC(=O)Nc3ccc([N+](=O)[O-])cc3)s2)c1. The summed E-state index contributed by atoms with van der Waals surface area (Å²) in [6, 6.07) is 10.3. The first kappa shape index (κ1) is 23.0. The zero-order valence-electron chi connectivity index (χ0n) is 16.9. The van der Waals surface area contributed by atoms with Crippen molar-refractivity contribution in [2.75, 3.05) is 30.6 Å². The molecule has 32 heavy (non-hydrogen) atoms. The minimum Gasteiger partial charge on any atom is -0.497 e. The third kappa shape index (κ3) is 6.15. The summed E-state index contributed by atoms with van der Waals surface area (Å²) in [6.45, 7) is 0. The quantitative estimate of drug-likeness (QED) is 0.206. The molecule has 0 atom stereocenters. The number of nitro benzene ring substituents is 1. The molecule has 0 spiro atoms. The lowest BCUT2D eigenvalue weighted by atomic mass is 10.2. The van der Waals surface area contributed by atoms with Gasteiger partial charge in [-0.25, -0.2) is 0 Å². The number of nitro groups is 1. The third-order valence-electron chi connectivity index (χ3n) is 3.93. The molecule has 3 rings (SSSR count). The highest BCUT2D eigenvalue weighted by molar-refractivity contribution is 8.01. The van der Waals surface area contributed by atoms with Gasteiger partial charge in [0.15, 0.2) is 4.34 Å². The van der Waals surface area contributed by atoms with E-state index in [1.54, 1.807) is 18.2 Å². The summed E-state index contributed by atoms with van der Waals surface area (Å²) in [5.41, 5.74) is 0.710. The van der Waals surface area contributed by atoms with E-state index >= 15 is 0 Å². The van der Waals surface area contributed by atoms with Crippen molar-refractivity contribution in [3.8, 4) is 11.5 Å². The van der Waals surface area contributed by atoms with Gasteiger partial charge in [-0.1, -0.05) is 23.1 Å². The van der Waals surface area contributed by atoms with Crippen LogP contribution in [0, 0.1) is 10.1 Å². The average Bonchev–Trinajstić information content (AvgIpc) is 3.24. The third-order valence-corrected chi connectivity index (χ3v) is 5.90. The summed E-state index contributed by atoms with van der Waals surface area (Å²) in [7, 11) is 2.98. The molecule has 0 fully saturated rings. The van der Waals surface area contributed by atoms with Gasteiger partial charge in [0.2, 0.25) is 11.0 Å². The molecule has 0 bridgehead atoms. The summed E-state index contributed by atoms with van der Waals surface area (Å²) in [4.78, 5) is 34.7. The van der Waals surface area contributed by atoms with E-state index in [-0.39, 0.29) is 22.5 Å². The van der Waals surface area contributed by atoms with Crippen LogP contribution in [-0.4, -0.2) is 46.9 Å². The van der Waals surface area contributed by atoms with Crippen LogP contribution in [0.4, 0.5) is 16.5 Å². The topological polar surface area (TPSA) is 146 Å². The van der Waals surface area contributed by atoms with Gasteiger partial charge in [-0.15, -0.1) is 10.2 Å². The fraction of sp³-hybridized carbons (Fsp3) is 0.158. The van der Waals surface area contributed by atoms with E-state index in [2.05, 4.69) is 20.8 Å². The Bertz CT molecular complexity index is 1110. The monoisotopic (exact) mass is 475 g/mol. The van der Waals surface area contributed by atoms with Crippen LogP contribution in [0.15, 0.2) is 46.8 Å². The zero-order valence-corrected chi connectivity index (χ0v) is 18.5. The minimum absolute atomic E-state index is 0.0483. The van der Waals surface area contributed by atoms with Crippen molar-refractivity contribution in [2.24, 2.45) is 0 Å². The number of aromatic nitrogens is 2. The van der Waals surface area contributed by atoms with Crippen LogP contribution < -0.4 is 20.1 Å². The summed E-state index contributed by atoms with van der Waals surface area (Å²) in [5, 5.41) is 24.1. The van der Waals surface area contributed by atoms with Gasteiger partial charge >= 0.3 is 0 Å². The Hall–Kier alpha value is -3.71.